The first kappa shape index (κ1) is 97.3. The molecule has 4 unspecified atom stereocenters. The maximum atomic E-state index is 14.8. The number of hydrogen-bond acceptors (Lipinski definition) is 18. The molecule has 5 fully saturated rings. The zero-order chi connectivity index (χ0) is 89.6. The third kappa shape index (κ3) is 26.4. The van der Waals surface area contributed by atoms with Crippen LogP contribution in [0.2, 0.25) is 0 Å². The number of hydrogen-bond donors (Lipinski definition) is 8. The molecule has 0 bridgehead atoms. The lowest BCUT2D eigenvalue weighted by molar-refractivity contribution is -0.147. The monoisotopic (exact) mass is 1740 g/mol. The molecule has 2 aromatic rings. The van der Waals surface area contributed by atoms with Crippen LogP contribution in [0.4, 0.5) is 32.3 Å². The van der Waals surface area contributed by atoms with Crippen molar-refractivity contribution in [2.24, 2.45) is 16.7 Å². The molecule has 3 aliphatic carbocycles. The Morgan fingerprint density at radius 2 is 0.876 bits per heavy atom. The van der Waals surface area contributed by atoms with Crippen LogP contribution in [0.15, 0.2) is 73.8 Å². The summed E-state index contributed by atoms with van der Waals surface area (Å²) in [6, 6.07) is 5.47. The van der Waals surface area contributed by atoms with E-state index in [1.807, 2.05) is 48.5 Å². The van der Waals surface area contributed by atoms with E-state index in [4.69, 9.17) is 9.47 Å². The molecule has 4 heterocycles. The van der Waals surface area contributed by atoms with Gasteiger partial charge in [0, 0.05) is 58.5 Å². The molecule has 672 valence electrons. The van der Waals surface area contributed by atoms with Crippen molar-refractivity contribution in [3.63, 3.8) is 0 Å². The van der Waals surface area contributed by atoms with Crippen molar-refractivity contribution in [2.45, 2.75) is 300 Å². The Hall–Kier alpha value is -9.15. The van der Waals surface area contributed by atoms with Crippen LogP contribution in [0.5, 0.6) is 0 Å². The van der Waals surface area contributed by atoms with Crippen molar-refractivity contribution >= 4 is 90.9 Å². The van der Waals surface area contributed by atoms with Gasteiger partial charge in [-0.2, -0.15) is 13.2 Å². The molecule has 8 atom stereocenters. The highest BCUT2D eigenvalue weighted by molar-refractivity contribution is 7.93. The van der Waals surface area contributed by atoms with Gasteiger partial charge in [-0.1, -0.05) is 160 Å². The van der Waals surface area contributed by atoms with Crippen molar-refractivity contribution < 1.29 is 97.0 Å². The van der Waals surface area contributed by atoms with Gasteiger partial charge in [0.25, 0.3) is 11.8 Å². The Morgan fingerprint density at radius 3 is 1.21 bits per heavy atom. The average Bonchev–Trinajstić information content (AvgIpc) is 1.78. The number of sulfone groups is 2. The minimum absolute atomic E-state index is 0.0670. The number of alkyl halides is 3. The molecule has 9 rings (SSSR count). The zero-order valence-electron chi connectivity index (χ0n) is 72.2. The molecular formula is C86H127F3N12O18S2. The molecule has 8 N–H and O–H groups in total. The van der Waals surface area contributed by atoms with E-state index in [1.165, 1.54) is 22.0 Å². The van der Waals surface area contributed by atoms with E-state index < -0.39 is 190 Å². The quantitative estimate of drug-likeness (QED) is 0.0291. The summed E-state index contributed by atoms with van der Waals surface area (Å²) in [5.41, 5.74) is 0.0275. The lowest BCUT2D eigenvalue weighted by Crippen LogP contribution is -2.63. The number of nitrogens with one attached hydrogen (secondary N) is 8. The Kier molecular flexibility index (Phi) is 32.5. The summed E-state index contributed by atoms with van der Waals surface area (Å²) < 4.78 is 104. The van der Waals surface area contributed by atoms with Gasteiger partial charge >= 0.3 is 30.4 Å². The van der Waals surface area contributed by atoms with Crippen LogP contribution in [0, 0.1) is 16.7 Å². The second kappa shape index (κ2) is 40.4. The molecule has 7 aliphatic rings. The molecule has 4 aliphatic heterocycles. The van der Waals surface area contributed by atoms with Gasteiger partial charge in [-0.3, -0.25) is 38.4 Å². The van der Waals surface area contributed by atoms with Crippen LogP contribution >= 0.6 is 0 Å². The van der Waals surface area contributed by atoms with Gasteiger partial charge in [0.1, 0.15) is 36.4 Å². The van der Waals surface area contributed by atoms with Gasteiger partial charge in [-0.15, -0.1) is 13.2 Å². The fraction of sp³-hybridized carbons (Fsp3) is 0.674. The second-order valence-corrected chi connectivity index (χ2v) is 43.1. The lowest BCUT2D eigenvalue weighted by atomic mass is 9.80. The summed E-state index contributed by atoms with van der Waals surface area (Å²) in [5.74, 6) is -7.90. The van der Waals surface area contributed by atoms with E-state index in [-0.39, 0.29) is 69.4 Å². The van der Waals surface area contributed by atoms with Gasteiger partial charge in [-0.05, 0) is 132 Å². The standard InChI is InChI=1S/C44H66N6O9S.C42H61F3N6O9S/c1-8-22-45-38(53)35(51)33(24-29-15-14-16-29)46-37(52)34-25-32(59-41(56)49-23-19-30-17-10-11-18-31(30)26-49)27-50(34)39(54)36(42(2,3)4)47-40(55)48-44(20-12-9-13-21-44)28-60(57,58)43(5,6)7;1-8-21-46-35(54)32(52)30(16-20-42(43,44)45)47-34(53)31-23-29(60-38(57)50-22-17-27-14-10-11-15-28(27)24-50)25-51(31)36(55)33(39(2,3)4)48-37(56)49-41(18-12-9-13-19-41)26-61(58,59)40(5,6)7/h8,10-11,17-18,29,32-34,36H,1,9,12-16,19-28H2,2-7H3,(H,45,53)(H,46,52)(H2,47,48,55);8,10-11,14-15,29-31,33H,1,9,12-13,16-26H2,2-7H3,(H,46,54)(H,47,53)(H2,48,49,56)/t32-,33?,34+,36?;29-,30?,31+,33?/m11/s1. The van der Waals surface area contributed by atoms with Crippen molar-refractivity contribution in [1.29, 1.82) is 0 Å². The number of likely N-dealkylation sites (tertiary alicyclic amines) is 2. The van der Waals surface area contributed by atoms with Crippen molar-refractivity contribution in [3.8, 4) is 0 Å². The van der Waals surface area contributed by atoms with Gasteiger partial charge < -0.3 is 71.6 Å². The van der Waals surface area contributed by atoms with Crippen LogP contribution < -0.4 is 42.5 Å². The number of urea groups is 2. The number of halogens is 3. The Bertz CT molecular complexity index is 4370. The highest BCUT2D eigenvalue weighted by Gasteiger charge is 2.52. The number of amides is 12. The largest absolute Gasteiger partial charge is 0.444 e. The number of carbonyl (C=O) groups excluding carboxylic acids is 12. The van der Waals surface area contributed by atoms with Crippen molar-refractivity contribution in [2.75, 3.05) is 50.8 Å². The number of nitrogens with zero attached hydrogens (tertiary/aromatic N) is 4. The topological polar surface area (TPSA) is 401 Å². The second-order valence-electron chi connectivity index (χ2n) is 37.6. The van der Waals surface area contributed by atoms with Gasteiger partial charge in [-0.25, -0.2) is 36.0 Å². The van der Waals surface area contributed by atoms with E-state index in [2.05, 4.69) is 55.7 Å². The van der Waals surface area contributed by atoms with Crippen LogP contribution in [0.3, 0.4) is 0 Å². The minimum atomic E-state index is -4.75. The van der Waals surface area contributed by atoms with Crippen LogP contribution in [0.25, 0.3) is 0 Å². The Morgan fingerprint density at radius 1 is 0.512 bits per heavy atom. The number of carbonyl (C=O) groups is 12. The van der Waals surface area contributed by atoms with E-state index >= 15 is 0 Å². The summed E-state index contributed by atoms with van der Waals surface area (Å²) in [7, 11) is -7.34. The summed E-state index contributed by atoms with van der Waals surface area (Å²) in [4.78, 5) is 171. The van der Waals surface area contributed by atoms with E-state index in [0.717, 1.165) is 72.1 Å². The molecule has 0 spiro atoms. The normalized spacial score (nSPS) is 21.0. The number of Topliss-reactive ketones (excluding diaryl/α,β-unsaturated/α-hetero) is 2. The minimum Gasteiger partial charge on any atom is -0.444 e. The summed E-state index contributed by atoms with van der Waals surface area (Å²) in [6.45, 7) is 27.6. The van der Waals surface area contributed by atoms with Crippen LogP contribution in [-0.2, 0) is 93.4 Å². The highest BCUT2D eigenvalue weighted by atomic mass is 32.2. The molecular weight excluding hydrogens is 1610 g/mol. The van der Waals surface area contributed by atoms with E-state index in [9.17, 15) is 87.5 Å². The predicted octanol–water partition coefficient (Wildman–Crippen LogP) is 8.81. The predicted molar refractivity (Wildman–Crippen MR) is 448 cm³/mol. The first-order valence-corrected chi connectivity index (χ1v) is 45.5. The maximum Gasteiger partial charge on any atom is 0.410 e. The summed E-state index contributed by atoms with van der Waals surface area (Å²) in [5, 5.41) is 21.2. The van der Waals surface area contributed by atoms with Crippen LogP contribution in [-0.4, -0.2) is 234 Å². The SMILES string of the molecule is C=CCNC(=O)C(=O)C(CC1CCC1)NC(=O)[C@@H]1C[C@@H](OC(=O)N2CCc3ccccc3C2)CN1C(=O)C(NC(=O)NC1(CS(=O)(=O)C(C)(C)C)CCCCC1)C(C)(C)C.C=CCNC(=O)C(=O)C(CCC(F)(F)F)NC(=O)[C@@H]1C[C@@H](OC(=O)N2CCc3ccccc3C2)CN1C(=O)C(NC(=O)NC1(CS(=O)(=O)C(C)(C)C)CCCCC1)C(C)(C)C. The smallest absolute Gasteiger partial charge is 0.410 e. The first-order valence-electron chi connectivity index (χ1n) is 42.2. The van der Waals surface area contributed by atoms with Gasteiger partial charge in [0.2, 0.25) is 35.2 Å². The fourth-order valence-corrected chi connectivity index (χ4v) is 19.4. The van der Waals surface area contributed by atoms with Crippen molar-refractivity contribution in [1.82, 2.24) is 62.1 Å². The number of rotatable bonds is 28. The van der Waals surface area contributed by atoms with E-state index in [0.29, 0.717) is 71.0 Å². The van der Waals surface area contributed by atoms with Crippen LogP contribution in [0.1, 0.15) is 221 Å². The average molecular weight is 1740 g/mol. The molecule has 0 aromatic heterocycles. The van der Waals surface area contributed by atoms with E-state index in [1.54, 1.807) is 88.0 Å². The number of ether oxygens (including phenoxy) is 2. The Balaban J connectivity index is 0.000000301. The molecule has 30 nitrogen and oxygen atoms in total. The third-order valence-electron chi connectivity index (χ3n) is 24.0. The number of benzene rings is 2. The third-order valence-corrected chi connectivity index (χ3v) is 29.6. The summed E-state index contributed by atoms with van der Waals surface area (Å²) in [6.07, 6.45) is 2.08. The first-order chi connectivity index (χ1) is 56.4. The molecule has 12 amide bonds. The zero-order valence-corrected chi connectivity index (χ0v) is 73.8. The van der Waals surface area contributed by atoms with Gasteiger partial charge in [0.15, 0.2) is 19.7 Å². The number of ketones is 2. The highest BCUT2D eigenvalue weighted by Crippen LogP contribution is 2.38. The van der Waals surface area contributed by atoms with Crippen molar-refractivity contribution in [3.05, 3.63) is 96.1 Å². The molecule has 35 heteroatoms. The maximum absolute atomic E-state index is 14.8. The summed E-state index contributed by atoms with van der Waals surface area (Å²) >= 11 is 0. The molecule has 121 heavy (non-hydrogen) atoms. The Labute approximate surface area is 709 Å². The van der Waals surface area contributed by atoms with Gasteiger partial charge in [0.05, 0.1) is 57.3 Å². The molecule has 0 radical (unpaired) electrons. The lowest BCUT2D eigenvalue weighted by Gasteiger charge is -2.41. The fourth-order valence-electron chi connectivity index (χ4n) is 16.4. The molecule has 3 saturated carbocycles. The number of fused-ring (bicyclic) bond motifs is 2. The molecule has 2 aromatic carbocycles. The molecule has 2 saturated heterocycles.